The Kier molecular flexibility index (Phi) is 6.25. The van der Waals surface area contributed by atoms with Crippen LogP contribution in [0, 0.1) is 0 Å². The highest BCUT2D eigenvalue weighted by Gasteiger charge is 2.20. The quantitative estimate of drug-likeness (QED) is 0.777. The lowest BCUT2D eigenvalue weighted by molar-refractivity contribution is -0.132. The molecule has 2 atom stereocenters. The van der Waals surface area contributed by atoms with Gasteiger partial charge in [0.25, 0.3) is 0 Å². The molecule has 0 aromatic heterocycles. The second-order valence-electron chi connectivity index (χ2n) is 6.08. The minimum atomic E-state index is 0.186. The standard InChI is InChI=1S/C18H27NO3/c1-14(13-15-6-8-16(21-3)9-7-15)19(2)18(20)11-10-17-5-4-12-22-17/h6-9,14,17H,4-5,10-13H2,1-3H3/t14-,17-/m0/s1. The molecule has 0 radical (unpaired) electrons. The van der Waals surface area contributed by atoms with Crippen LogP contribution in [0.2, 0.25) is 0 Å². The molecule has 0 saturated carbocycles. The molecule has 1 aromatic carbocycles. The van der Waals surface area contributed by atoms with Gasteiger partial charge in [0.05, 0.1) is 13.2 Å². The van der Waals surface area contributed by atoms with Crippen molar-refractivity contribution in [3.8, 4) is 5.75 Å². The topological polar surface area (TPSA) is 38.8 Å². The highest BCUT2D eigenvalue weighted by Crippen LogP contribution is 2.18. The van der Waals surface area contributed by atoms with Crippen LogP contribution in [0.4, 0.5) is 0 Å². The number of ether oxygens (including phenoxy) is 2. The van der Waals surface area contributed by atoms with Crippen molar-refractivity contribution in [1.29, 1.82) is 0 Å². The van der Waals surface area contributed by atoms with Crippen molar-refractivity contribution in [2.45, 2.75) is 51.2 Å². The zero-order valence-corrected chi connectivity index (χ0v) is 13.9. The van der Waals surface area contributed by atoms with Crippen molar-refractivity contribution in [3.05, 3.63) is 29.8 Å². The third kappa shape index (κ3) is 4.73. The number of hydrogen-bond acceptors (Lipinski definition) is 3. The fraction of sp³-hybridized carbons (Fsp3) is 0.611. The SMILES string of the molecule is COc1ccc(C[C@H](C)N(C)C(=O)CC[C@@H]2CCCO2)cc1. The van der Waals surface area contributed by atoms with Crippen LogP contribution in [-0.4, -0.2) is 43.7 Å². The molecule has 0 unspecified atom stereocenters. The average Bonchev–Trinajstić information content (AvgIpc) is 3.06. The average molecular weight is 305 g/mol. The van der Waals surface area contributed by atoms with Crippen LogP contribution in [0.1, 0.15) is 38.2 Å². The molecule has 2 rings (SSSR count). The molecule has 1 aromatic rings. The summed E-state index contributed by atoms with van der Waals surface area (Å²) >= 11 is 0. The smallest absolute Gasteiger partial charge is 0.222 e. The predicted molar refractivity (Wildman–Crippen MR) is 87.1 cm³/mol. The van der Waals surface area contributed by atoms with Gasteiger partial charge in [-0.3, -0.25) is 4.79 Å². The predicted octanol–water partition coefficient (Wildman–Crippen LogP) is 3.04. The third-order valence-electron chi connectivity index (χ3n) is 4.45. The summed E-state index contributed by atoms with van der Waals surface area (Å²) in [5, 5.41) is 0. The van der Waals surface area contributed by atoms with E-state index in [9.17, 15) is 4.79 Å². The summed E-state index contributed by atoms with van der Waals surface area (Å²) < 4.78 is 10.7. The molecule has 0 bridgehead atoms. The number of nitrogens with zero attached hydrogens (tertiary/aromatic N) is 1. The van der Waals surface area contributed by atoms with E-state index >= 15 is 0 Å². The fourth-order valence-corrected chi connectivity index (χ4v) is 2.82. The largest absolute Gasteiger partial charge is 0.497 e. The number of carbonyl (C=O) groups is 1. The van der Waals surface area contributed by atoms with Gasteiger partial charge in [-0.1, -0.05) is 12.1 Å². The normalized spacial score (nSPS) is 19.0. The van der Waals surface area contributed by atoms with Gasteiger partial charge in [-0.15, -0.1) is 0 Å². The first-order valence-electron chi connectivity index (χ1n) is 8.10. The van der Waals surface area contributed by atoms with Gasteiger partial charge in [-0.25, -0.2) is 0 Å². The number of hydrogen-bond donors (Lipinski definition) is 0. The third-order valence-corrected chi connectivity index (χ3v) is 4.45. The number of carbonyl (C=O) groups excluding carboxylic acids is 1. The van der Waals surface area contributed by atoms with Gasteiger partial charge in [0.2, 0.25) is 5.91 Å². The van der Waals surface area contributed by atoms with Gasteiger partial charge >= 0.3 is 0 Å². The molecule has 4 nitrogen and oxygen atoms in total. The molecule has 1 amide bonds. The first kappa shape index (κ1) is 16.8. The monoisotopic (exact) mass is 305 g/mol. The van der Waals surface area contributed by atoms with Crippen LogP contribution in [0.5, 0.6) is 5.75 Å². The van der Waals surface area contributed by atoms with E-state index in [1.54, 1.807) is 7.11 Å². The fourth-order valence-electron chi connectivity index (χ4n) is 2.82. The number of methoxy groups -OCH3 is 1. The molecule has 22 heavy (non-hydrogen) atoms. The molecule has 0 aliphatic carbocycles. The molecular formula is C18H27NO3. The Morgan fingerprint density at radius 1 is 1.41 bits per heavy atom. The van der Waals surface area contributed by atoms with Crippen molar-refractivity contribution in [1.82, 2.24) is 4.90 Å². The Labute approximate surface area is 133 Å². The van der Waals surface area contributed by atoms with Gasteiger partial charge in [0.1, 0.15) is 5.75 Å². The van der Waals surface area contributed by atoms with E-state index in [0.717, 1.165) is 38.0 Å². The first-order chi connectivity index (χ1) is 10.6. The summed E-state index contributed by atoms with van der Waals surface area (Å²) in [6.45, 7) is 2.94. The summed E-state index contributed by atoms with van der Waals surface area (Å²) in [5.41, 5.74) is 1.21. The lowest BCUT2D eigenvalue weighted by Gasteiger charge is -2.25. The molecule has 122 valence electrons. The number of amides is 1. The molecular weight excluding hydrogens is 278 g/mol. The van der Waals surface area contributed by atoms with Crippen molar-refractivity contribution >= 4 is 5.91 Å². The zero-order valence-electron chi connectivity index (χ0n) is 13.9. The highest BCUT2D eigenvalue weighted by atomic mass is 16.5. The Hall–Kier alpha value is -1.55. The summed E-state index contributed by atoms with van der Waals surface area (Å²) in [6, 6.07) is 8.22. The van der Waals surface area contributed by atoms with E-state index in [4.69, 9.17) is 9.47 Å². The second kappa shape index (κ2) is 8.18. The zero-order chi connectivity index (χ0) is 15.9. The van der Waals surface area contributed by atoms with E-state index in [-0.39, 0.29) is 18.1 Å². The lowest BCUT2D eigenvalue weighted by Crippen LogP contribution is -2.36. The Morgan fingerprint density at radius 3 is 2.73 bits per heavy atom. The molecule has 1 aliphatic heterocycles. The van der Waals surface area contributed by atoms with Gasteiger partial charge in [-0.2, -0.15) is 0 Å². The molecule has 0 N–H and O–H groups in total. The summed E-state index contributed by atoms with van der Waals surface area (Å²) in [7, 11) is 3.56. The molecule has 0 spiro atoms. The summed E-state index contributed by atoms with van der Waals surface area (Å²) in [4.78, 5) is 14.1. The van der Waals surface area contributed by atoms with Gasteiger partial charge < -0.3 is 14.4 Å². The van der Waals surface area contributed by atoms with Crippen LogP contribution < -0.4 is 4.74 Å². The van der Waals surface area contributed by atoms with Crippen LogP contribution in [-0.2, 0) is 16.0 Å². The maximum Gasteiger partial charge on any atom is 0.222 e. The Morgan fingerprint density at radius 2 is 2.14 bits per heavy atom. The van der Waals surface area contributed by atoms with E-state index in [2.05, 4.69) is 19.1 Å². The molecule has 4 heteroatoms. The highest BCUT2D eigenvalue weighted by molar-refractivity contribution is 5.76. The van der Waals surface area contributed by atoms with Crippen LogP contribution in [0.3, 0.4) is 0 Å². The number of benzene rings is 1. The van der Waals surface area contributed by atoms with Crippen molar-refractivity contribution in [2.24, 2.45) is 0 Å². The summed E-state index contributed by atoms with van der Waals surface area (Å²) in [6.07, 6.45) is 4.79. The van der Waals surface area contributed by atoms with Gasteiger partial charge in [-0.05, 0) is 50.3 Å². The van der Waals surface area contributed by atoms with Gasteiger partial charge in [0.15, 0.2) is 0 Å². The second-order valence-corrected chi connectivity index (χ2v) is 6.08. The Balaban J connectivity index is 1.79. The minimum absolute atomic E-state index is 0.186. The maximum absolute atomic E-state index is 12.3. The summed E-state index contributed by atoms with van der Waals surface area (Å²) in [5.74, 6) is 1.06. The van der Waals surface area contributed by atoms with Gasteiger partial charge in [0, 0.05) is 26.1 Å². The van der Waals surface area contributed by atoms with Crippen LogP contribution in [0.25, 0.3) is 0 Å². The number of likely N-dealkylation sites (N-methyl/N-ethyl adjacent to an activating group) is 1. The van der Waals surface area contributed by atoms with Crippen molar-refractivity contribution in [3.63, 3.8) is 0 Å². The molecule has 1 saturated heterocycles. The first-order valence-corrected chi connectivity index (χ1v) is 8.10. The molecule has 1 heterocycles. The maximum atomic E-state index is 12.3. The molecule has 1 aliphatic rings. The number of rotatable bonds is 7. The van der Waals surface area contributed by atoms with E-state index in [1.165, 1.54) is 5.56 Å². The van der Waals surface area contributed by atoms with E-state index in [1.807, 2.05) is 24.1 Å². The van der Waals surface area contributed by atoms with E-state index in [0.29, 0.717) is 6.42 Å². The van der Waals surface area contributed by atoms with E-state index < -0.39 is 0 Å². The lowest BCUT2D eigenvalue weighted by atomic mass is 10.0. The Bertz CT molecular complexity index is 466. The van der Waals surface area contributed by atoms with Crippen molar-refractivity contribution in [2.75, 3.05) is 20.8 Å². The van der Waals surface area contributed by atoms with Crippen molar-refractivity contribution < 1.29 is 14.3 Å². The minimum Gasteiger partial charge on any atom is -0.497 e. The molecule has 1 fully saturated rings. The van der Waals surface area contributed by atoms with Crippen LogP contribution in [0.15, 0.2) is 24.3 Å². The van der Waals surface area contributed by atoms with Crippen LogP contribution >= 0.6 is 0 Å².